The van der Waals surface area contributed by atoms with Crippen LogP contribution in [0.2, 0.25) is 0 Å². The first-order valence-electron chi connectivity index (χ1n) is 3.57. The van der Waals surface area contributed by atoms with E-state index >= 15 is 0 Å². The molecule has 0 bridgehead atoms. The Morgan fingerprint density at radius 3 is 1.80 bits per heavy atom. The Morgan fingerprint density at radius 2 is 1.60 bits per heavy atom. The molecule has 10 heavy (non-hydrogen) atoms. The Kier molecular flexibility index (Phi) is 2.11. The van der Waals surface area contributed by atoms with E-state index in [0.29, 0.717) is 0 Å². The highest BCUT2D eigenvalue weighted by molar-refractivity contribution is 4.96. The number of hydrogen-bond donors (Lipinski definition) is 0. The molecule has 1 fully saturated rings. The first-order chi connectivity index (χ1) is 4.61. The summed E-state index contributed by atoms with van der Waals surface area (Å²) >= 11 is 0. The Balaban J connectivity index is 2.49. The van der Waals surface area contributed by atoms with Crippen LogP contribution in [0.25, 0.3) is 0 Å². The summed E-state index contributed by atoms with van der Waals surface area (Å²) in [6, 6.07) is 0. The lowest BCUT2D eigenvalue weighted by molar-refractivity contribution is -0.0328. The van der Waals surface area contributed by atoms with Crippen LogP contribution in [0.3, 0.4) is 0 Å². The highest BCUT2D eigenvalue weighted by Gasteiger charge is 2.29. The number of hydrogen-bond acceptors (Lipinski definition) is 2. The summed E-state index contributed by atoms with van der Waals surface area (Å²) in [6.07, 6.45) is 0.216. The molecule has 1 aliphatic heterocycles. The van der Waals surface area contributed by atoms with Crippen LogP contribution in [-0.4, -0.2) is 18.5 Å². The summed E-state index contributed by atoms with van der Waals surface area (Å²) < 4.78 is 10.8. The Bertz CT molecular complexity index is 132. The van der Waals surface area contributed by atoms with Crippen LogP contribution in [0, 0.1) is 0 Å². The van der Waals surface area contributed by atoms with Crippen molar-refractivity contribution in [3.8, 4) is 0 Å². The molecule has 2 atom stereocenters. The minimum Gasteiger partial charge on any atom is -0.343 e. The summed E-state index contributed by atoms with van der Waals surface area (Å²) in [7, 11) is 0. The van der Waals surface area contributed by atoms with E-state index < -0.39 is 0 Å². The maximum Gasteiger partial charge on any atom is 0.180 e. The van der Waals surface area contributed by atoms with Crippen LogP contribution in [0.4, 0.5) is 0 Å². The van der Waals surface area contributed by atoms with Gasteiger partial charge in [0.25, 0.3) is 0 Å². The maximum absolute atomic E-state index is 5.41. The molecule has 2 nitrogen and oxygen atoms in total. The van der Waals surface area contributed by atoms with E-state index in [9.17, 15) is 0 Å². The van der Waals surface area contributed by atoms with Crippen LogP contribution in [-0.2, 0) is 9.47 Å². The van der Waals surface area contributed by atoms with Gasteiger partial charge in [0.05, 0.1) is 12.2 Å². The SMILES string of the molecule is C=C(C)C1OC(C)C(C)O1. The Labute approximate surface area is 61.8 Å². The van der Waals surface area contributed by atoms with Gasteiger partial charge < -0.3 is 9.47 Å². The second-order valence-corrected chi connectivity index (χ2v) is 2.86. The predicted octanol–water partition coefficient (Wildman–Crippen LogP) is 1.71. The summed E-state index contributed by atoms with van der Waals surface area (Å²) in [6.45, 7) is 9.68. The van der Waals surface area contributed by atoms with Crippen molar-refractivity contribution >= 4 is 0 Å². The molecule has 1 saturated heterocycles. The third-order valence-electron chi connectivity index (χ3n) is 1.74. The second-order valence-electron chi connectivity index (χ2n) is 2.86. The molecule has 1 heterocycles. The van der Waals surface area contributed by atoms with Crippen molar-refractivity contribution < 1.29 is 9.47 Å². The normalized spacial score (nSPS) is 40.1. The molecule has 1 rings (SSSR count). The summed E-state index contributed by atoms with van der Waals surface area (Å²) in [4.78, 5) is 0. The highest BCUT2D eigenvalue weighted by Crippen LogP contribution is 2.22. The van der Waals surface area contributed by atoms with E-state index in [2.05, 4.69) is 6.58 Å². The van der Waals surface area contributed by atoms with Gasteiger partial charge in [-0.2, -0.15) is 0 Å². The van der Waals surface area contributed by atoms with E-state index in [1.54, 1.807) is 0 Å². The van der Waals surface area contributed by atoms with E-state index in [1.165, 1.54) is 0 Å². The predicted molar refractivity (Wildman–Crippen MR) is 39.7 cm³/mol. The maximum atomic E-state index is 5.41. The van der Waals surface area contributed by atoms with Crippen LogP contribution < -0.4 is 0 Å². The zero-order valence-corrected chi connectivity index (χ0v) is 6.76. The largest absolute Gasteiger partial charge is 0.343 e. The molecule has 0 aliphatic carbocycles. The summed E-state index contributed by atoms with van der Waals surface area (Å²) in [5, 5.41) is 0. The molecular formula is C8H14O2. The van der Waals surface area contributed by atoms with Crippen LogP contribution in [0.5, 0.6) is 0 Å². The summed E-state index contributed by atoms with van der Waals surface area (Å²) in [5.41, 5.74) is 0.941. The first kappa shape index (κ1) is 7.76. The van der Waals surface area contributed by atoms with Gasteiger partial charge in [-0.1, -0.05) is 6.58 Å². The fraction of sp³-hybridized carbons (Fsp3) is 0.750. The lowest BCUT2D eigenvalue weighted by Gasteiger charge is -2.07. The molecule has 0 radical (unpaired) electrons. The molecule has 0 spiro atoms. The highest BCUT2D eigenvalue weighted by atomic mass is 16.7. The van der Waals surface area contributed by atoms with Gasteiger partial charge in [-0.15, -0.1) is 0 Å². The van der Waals surface area contributed by atoms with E-state index in [1.807, 2.05) is 20.8 Å². The van der Waals surface area contributed by atoms with Crippen molar-refractivity contribution in [2.24, 2.45) is 0 Å². The van der Waals surface area contributed by atoms with Crippen molar-refractivity contribution in [2.75, 3.05) is 0 Å². The zero-order chi connectivity index (χ0) is 7.72. The Hall–Kier alpha value is -0.340. The standard InChI is InChI=1S/C8H14O2/c1-5(2)8-9-6(3)7(4)10-8/h6-8H,1H2,2-4H3. The van der Waals surface area contributed by atoms with Gasteiger partial charge in [-0.3, -0.25) is 0 Å². The third kappa shape index (κ3) is 1.39. The molecular weight excluding hydrogens is 128 g/mol. The monoisotopic (exact) mass is 142 g/mol. The van der Waals surface area contributed by atoms with Crippen molar-refractivity contribution in [2.45, 2.75) is 39.3 Å². The van der Waals surface area contributed by atoms with Gasteiger partial charge in [-0.05, 0) is 26.3 Å². The summed E-state index contributed by atoms with van der Waals surface area (Å²) in [5.74, 6) is 0. The molecule has 0 aromatic carbocycles. The van der Waals surface area contributed by atoms with E-state index in [4.69, 9.17) is 9.47 Å². The zero-order valence-electron chi connectivity index (χ0n) is 6.76. The molecule has 0 amide bonds. The van der Waals surface area contributed by atoms with E-state index in [-0.39, 0.29) is 18.5 Å². The molecule has 2 unspecified atom stereocenters. The van der Waals surface area contributed by atoms with Gasteiger partial charge in [-0.25, -0.2) is 0 Å². The molecule has 0 aromatic heterocycles. The minimum atomic E-state index is -0.176. The van der Waals surface area contributed by atoms with Crippen molar-refractivity contribution in [1.29, 1.82) is 0 Å². The lowest BCUT2D eigenvalue weighted by atomic mass is 10.3. The fourth-order valence-corrected chi connectivity index (χ4v) is 0.876. The topological polar surface area (TPSA) is 18.5 Å². The van der Waals surface area contributed by atoms with Gasteiger partial charge in [0, 0.05) is 0 Å². The van der Waals surface area contributed by atoms with Crippen LogP contribution in [0.1, 0.15) is 20.8 Å². The quantitative estimate of drug-likeness (QED) is 0.519. The average Bonchev–Trinajstić information content (AvgIpc) is 2.13. The Morgan fingerprint density at radius 1 is 1.20 bits per heavy atom. The van der Waals surface area contributed by atoms with Crippen LogP contribution >= 0.6 is 0 Å². The minimum absolute atomic E-state index is 0.176. The molecule has 0 saturated carbocycles. The fourth-order valence-electron chi connectivity index (χ4n) is 0.876. The van der Waals surface area contributed by atoms with Crippen LogP contribution in [0.15, 0.2) is 12.2 Å². The second kappa shape index (κ2) is 2.72. The lowest BCUT2D eigenvalue weighted by Crippen LogP contribution is -2.13. The number of rotatable bonds is 1. The average molecular weight is 142 g/mol. The smallest absolute Gasteiger partial charge is 0.180 e. The molecule has 58 valence electrons. The van der Waals surface area contributed by atoms with Gasteiger partial charge >= 0.3 is 0 Å². The molecule has 0 aromatic rings. The third-order valence-corrected chi connectivity index (χ3v) is 1.74. The molecule has 2 heteroatoms. The molecule has 1 aliphatic rings. The first-order valence-corrected chi connectivity index (χ1v) is 3.57. The van der Waals surface area contributed by atoms with E-state index in [0.717, 1.165) is 5.57 Å². The van der Waals surface area contributed by atoms with Gasteiger partial charge in [0.15, 0.2) is 6.29 Å². The van der Waals surface area contributed by atoms with Gasteiger partial charge in [0.1, 0.15) is 0 Å². The van der Waals surface area contributed by atoms with Crippen molar-refractivity contribution in [3.63, 3.8) is 0 Å². The van der Waals surface area contributed by atoms with Crippen molar-refractivity contribution in [3.05, 3.63) is 12.2 Å². The number of ether oxygens (including phenoxy) is 2. The van der Waals surface area contributed by atoms with Crippen molar-refractivity contribution in [1.82, 2.24) is 0 Å². The van der Waals surface area contributed by atoms with Gasteiger partial charge in [0.2, 0.25) is 0 Å². The molecule has 0 N–H and O–H groups in total.